The summed E-state index contributed by atoms with van der Waals surface area (Å²) in [7, 11) is 4.97. The summed E-state index contributed by atoms with van der Waals surface area (Å²) in [6.07, 6.45) is 0. The van der Waals surface area contributed by atoms with E-state index in [1.165, 1.54) is 9.58 Å². The average Bonchev–Trinajstić information content (AvgIpc) is 3.09. The van der Waals surface area contributed by atoms with Crippen LogP contribution in [-0.4, -0.2) is 52.9 Å². The second-order valence-corrected chi connectivity index (χ2v) is 6.36. The lowest BCUT2D eigenvalue weighted by Crippen LogP contribution is -2.21. The third-order valence-electron chi connectivity index (χ3n) is 4.17. The molecule has 0 unspecified atom stereocenters. The van der Waals surface area contributed by atoms with Gasteiger partial charge in [-0.05, 0) is 55.5 Å². The molecule has 28 heavy (non-hydrogen) atoms. The summed E-state index contributed by atoms with van der Waals surface area (Å²) in [5, 5.41) is 10.9. The lowest BCUT2D eigenvalue weighted by atomic mass is 10.2. The zero-order valence-electron chi connectivity index (χ0n) is 16.1. The summed E-state index contributed by atoms with van der Waals surface area (Å²) in [4.78, 5) is 26.3. The number of ether oxygens (including phenoxy) is 1. The average molecular weight is 379 g/mol. The van der Waals surface area contributed by atoms with E-state index in [-0.39, 0.29) is 11.8 Å². The molecule has 0 saturated carbocycles. The number of anilines is 1. The Morgan fingerprint density at radius 3 is 2.25 bits per heavy atom. The first kappa shape index (κ1) is 19.1. The molecule has 1 heterocycles. The number of benzene rings is 2. The molecule has 8 heteroatoms. The molecule has 0 atom stereocenters. The summed E-state index contributed by atoms with van der Waals surface area (Å²) in [5.41, 5.74) is 2.65. The second-order valence-electron chi connectivity index (χ2n) is 6.36. The van der Waals surface area contributed by atoms with Gasteiger partial charge in [0.25, 0.3) is 11.8 Å². The number of aryl methyl sites for hydroxylation is 1. The third-order valence-corrected chi connectivity index (χ3v) is 4.17. The molecule has 144 valence electrons. The molecule has 2 amide bonds. The van der Waals surface area contributed by atoms with Gasteiger partial charge in [0.1, 0.15) is 5.75 Å². The number of rotatable bonds is 5. The van der Waals surface area contributed by atoms with Crippen LogP contribution in [-0.2, 0) is 0 Å². The van der Waals surface area contributed by atoms with Crippen molar-refractivity contribution in [2.75, 3.05) is 26.5 Å². The quantitative estimate of drug-likeness (QED) is 0.736. The fourth-order valence-electron chi connectivity index (χ4n) is 2.67. The maximum absolute atomic E-state index is 12.8. The van der Waals surface area contributed by atoms with Crippen LogP contribution >= 0.6 is 0 Å². The Kier molecular flexibility index (Phi) is 5.39. The van der Waals surface area contributed by atoms with Gasteiger partial charge in [-0.25, -0.2) is 4.68 Å². The van der Waals surface area contributed by atoms with Gasteiger partial charge in [-0.3, -0.25) is 9.59 Å². The Labute approximate surface area is 162 Å². The summed E-state index contributed by atoms with van der Waals surface area (Å²) >= 11 is 0. The molecule has 3 rings (SSSR count). The first-order valence-electron chi connectivity index (χ1n) is 8.60. The van der Waals surface area contributed by atoms with Crippen LogP contribution in [0, 0.1) is 6.92 Å². The molecule has 0 aliphatic heterocycles. The van der Waals surface area contributed by atoms with Crippen molar-refractivity contribution in [2.24, 2.45) is 0 Å². The lowest BCUT2D eigenvalue weighted by molar-refractivity contribution is 0.0827. The van der Waals surface area contributed by atoms with E-state index in [1.807, 2.05) is 0 Å². The number of hydrogen-bond donors (Lipinski definition) is 1. The molecule has 0 bridgehead atoms. The van der Waals surface area contributed by atoms with E-state index in [9.17, 15) is 9.59 Å². The minimum Gasteiger partial charge on any atom is -0.497 e. The predicted octanol–water partition coefficient (Wildman–Crippen LogP) is 2.54. The number of carbonyl (C=O) groups is 2. The Bertz CT molecular complexity index is 992. The van der Waals surface area contributed by atoms with E-state index >= 15 is 0 Å². The van der Waals surface area contributed by atoms with Crippen LogP contribution in [0.1, 0.15) is 26.5 Å². The Balaban J connectivity index is 1.83. The summed E-state index contributed by atoms with van der Waals surface area (Å²) in [6, 6.07) is 13.9. The van der Waals surface area contributed by atoms with Gasteiger partial charge in [0.05, 0.1) is 18.5 Å². The van der Waals surface area contributed by atoms with Gasteiger partial charge in [0.2, 0.25) is 0 Å². The van der Waals surface area contributed by atoms with Crippen LogP contribution in [0.3, 0.4) is 0 Å². The molecule has 0 saturated heterocycles. The maximum Gasteiger partial charge on any atom is 0.276 e. The van der Waals surface area contributed by atoms with Crippen molar-refractivity contribution in [3.63, 3.8) is 0 Å². The van der Waals surface area contributed by atoms with Gasteiger partial charge in [0.15, 0.2) is 5.69 Å². The van der Waals surface area contributed by atoms with Crippen LogP contribution in [0.5, 0.6) is 5.75 Å². The highest BCUT2D eigenvalue weighted by atomic mass is 16.5. The van der Waals surface area contributed by atoms with E-state index in [1.54, 1.807) is 76.7 Å². The van der Waals surface area contributed by atoms with Crippen LogP contribution in [0.2, 0.25) is 0 Å². The van der Waals surface area contributed by atoms with Gasteiger partial charge in [-0.2, -0.15) is 0 Å². The van der Waals surface area contributed by atoms with Gasteiger partial charge in [-0.1, -0.05) is 5.21 Å². The minimum atomic E-state index is -0.343. The maximum atomic E-state index is 12.8. The van der Waals surface area contributed by atoms with E-state index < -0.39 is 0 Å². The molecule has 2 aromatic carbocycles. The molecule has 0 fully saturated rings. The van der Waals surface area contributed by atoms with Gasteiger partial charge >= 0.3 is 0 Å². The number of nitrogens with zero attached hydrogens (tertiary/aromatic N) is 4. The van der Waals surface area contributed by atoms with Crippen LogP contribution in [0.15, 0.2) is 48.5 Å². The molecule has 0 aliphatic rings. The van der Waals surface area contributed by atoms with Crippen molar-refractivity contribution in [2.45, 2.75) is 6.92 Å². The number of amides is 2. The molecular formula is C20H21N5O3. The van der Waals surface area contributed by atoms with Crippen LogP contribution in [0.25, 0.3) is 5.69 Å². The lowest BCUT2D eigenvalue weighted by Gasteiger charge is -2.11. The fraction of sp³-hybridized carbons (Fsp3) is 0.200. The highest BCUT2D eigenvalue weighted by Crippen LogP contribution is 2.19. The van der Waals surface area contributed by atoms with Gasteiger partial charge < -0.3 is 15.0 Å². The molecule has 0 radical (unpaired) electrons. The molecule has 0 aliphatic carbocycles. The van der Waals surface area contributed by atoms with E-state index in [4.69, 9.17) is 4.74 Å². The fourth-order valence-corrected chi connectivity index (χ4v) is 2.67. The number of aromatic nitrogens is 3. The molecule has 8 nitrogen and oxygen atoms in total. The van der Waals surface area contributed by atoms with Crippen molar-refractivity contribution in [3.05, 3.63) is 65.5 Å². The van der Waals surface area contributed by atoms with Gasteiger partial charge in [0, 0.05) is 25.3 Å². The number of hydrogen-bond acceptors (Lipinski definition) is 5. The summed E-state index contributed by atoms with van der Waals surface area (Å²) < 4.78 is 6.64. The van der Waals surface area contributed by atoms with Crippen molar-refractivity contribution >= 4 is 17.5 Å². The Morgan fingerprint density at radius 1 is 1.04 bits per heavy atom. The molecule has 1 N–H and O–H groups in total. The Hall–Kier alpha value is -3.68. The first-order chi connectivity index (χ1) is 13.4. The SMILES string of the molecule is COc1ccc(-n2nnc(C)c2C(=O)Nc2ccc(C(=O)N(C)C)cc2)cc1. The smallest absolute Gasteiger partial charge is 0.276 e. The number of carbonyl (C=O) groups excluding carboxylic acids is 2. The molecule has 1 aromatic heterocycles. The zero-order chi connectivity index (χ0) is 20.3. The number of nitrogens with one attached hydrogen (secondary N) is 1. The van der Waals surface area contributed by atoms with Crippen LogP contribution < -0.4 is 10.1 Å². The number of methoxy groups -OCH3 is 1. The minimum absolute atomic E-state index is 0.101. The standard InChI is InChI=1S/C20H21N5O3/c1-13-18(25(23-22-13)16-9-11-17(28-4)12-10-16)19(26)21-15-7-5-14(6-8-15)20(27)24(2)3/h5-12H,1-4H3,(H,21,26). The van der Waals surface area contributed by atoms with E-state index in [0.717, 1.165) is 0 Å². The topological polar surface area (TPSA) is 89.3 Å². The Morgan fingerprint density at radius 2 is 1.68 bits per heavy atom. The van der Waals surface area contributed by atoms with Crippen molar-refractivity contribution < 1.29 is 14.3 Å². The largest absolute Gasteiger partial charge is 0.497 e. The summed E-state index contributed by atoms with van der Waals surface area (Å²) in [6.45, 7) is 1.72. The second kappa shape index (κ2) is 7.91. The molecule has 0 spiro atoms. The predicted molar refractivity (Wildman–Crippen MR) is 105 cm³/mol. The molecule has 3 aromatic rings. The van der Waals surface area contributed by atoms with Crippen molar-refractivity contribution in [1.29, 1.82) is 0 Å². The van der Waals surface area contributed by atoms with Crippen molar-refractivity contribution in [3.8, 4) is 11.4 Å². The van der Waals surface area contributed by atoms with Crippen LogP contribution in [0.4, 0.5) is 5.69 Å². The molecular weight excluding hydrogens is 358 g/mol. The van der Waals surface area contributed by atoms with E-state index in [2.05, 4.69) is 15.6 Å². The highest BCUT2D eigenvalue weighted by Gasteiger charge is 2.19. The normalized spacial score (nSPS) is 10.4. The highest BCUT2D eigenvalue weighted by molar-refractivity contribution is 6.04. The third kappa shape index (κ3) is 3.85. The monoisotopic (exact) mass is 379 g/mol. The zero-order valence-corrected chi connectivity index (χ0v) is 16.1. The van der Waals surface area contributed by atoms with E-state index in [0.29, 0.717) is 34.1 Å². The summed E-state index contributed by atoms with van der Waals surface area (Å²) in [5.74, 6) is 0.263. The first-order valence-corrected chi connectivity index (χ1v) is 8.60. The van der Waals surface area contributed by atoms with Gasteiger partial charge in [-0.15, -0.1) is 5.10 Å². The van der Waals surface area contributed by atoms with Crippen molar-refractivity contribution in [1.82, 2.24) is 19.9 Å².